The number of nitrogens with one attached hydrogen (secondary N) is 1. The molecular formula is C22H22N4O. The molecule has 1 aromatic carbocycles. The number of nitrogens with zero attached hydrogens (tertiary/aromatic N) is 2. The zero-order valence-corrected chi connectivity index (χ0v) is 15.3. The fourth-order valence-electron chi connectivity index (χ4n) is 3.50. The molecule has 0 radical (unpaired) electrons. The Kier molecular flexibility index (Phi) is 4.46. The number of aromatic nitrogens is 2. The van der Waals surface area contributed by atoms with Crippen molar-refractivity contribution in [3.63, 3.8) is 0 Å². The van der Waals surface area contributed by atoms with Gasteiger partial charge in [-0.25, -0.2) is 4.98 Å². The predicted octanol–water partition coefficient (Wildman–Crippen LogP) is 4.11. The Balaban J connectivity index is 1.76. The number of pyridine rings is 2. The number of rotatable bonds is 4. The van der Waals surface area contributed by atoms with Crippen molar-refractivity contribution >= 4 is 11.7 Å². The van der Waals surface area contributed by atoms with E-state index in [0.717, 1.165) is 35.2 Å². The highest BCUT2D eigenvalue weighted by Gasteiger charge is 2.34. The van der Waals surface area contributed by atoms with E-state index in [-0.39, 0.29) is 11.4 Å². The van der Waals surface area contributed by atoms with Crippen molar-refractivity contribution in [2.75, 3.05) is 5.32 Å². The number of hydrogen-bond donors (Lipinski definition) is 2. The Morgan fingerprint density at radius 2 is 1.85 bits per heavy atom. The van der Waals surface area contributed by atoms with Gasteiger partial charge in [0.1, 0.15) is 5.82 Å². The van der Waals surface area contributed by atoms with Crippen molar-refractivity contribution in [2.24, 2.45) is 5.73 Å². The summed E-state index contributed by atoms with van der Waals surface area (Å²) in [7, 11) is 0. The smallest absolute Gasteiger partial charge is 0.222 e. The maximum atomic E-state index is 11.4. The van der Waals surface area contributed by atoms with E-state index >= 15 is 0 Å². The van der Waals surface area contributed by atoms with E-state index < -0.39 is 0 Å². The average molecular weight is 358 g/mol. The van der Waals surface area contributed by atoms with Crippen LogP contribution in [0.25, 0.3) is 22.4 Å². The van der Waals surface area contributed by atoms with Gasteiger partial charge in [-0.15, -0.1) is 0 Å². The van der Waals surface area contributed by atoms with Gasteiger partial charge < -0.3 is 11.1 Å². The van der Waals surface area contributed by atoms with E-state index in [4.69, 9.17) is 5.73 Å². The van der Waals surface area contributed by atoms with Crippen molar-refractivity contribution in [3.8, 4) is 22.4 Å². The van der Waals surface area contributed by atoms with E-state index in [0.29, 0.717) is 5.82 Å². The van der Waals surface area contributed by atoms with Crippen LogP contribution in [0, 0.1) is 0 Å². The summed E-state index contributed by atoms with van der Waals surface area (Å²) >= 11 is 0. The fraction of sp³-hybridized carbons (Fsp3) is 0.227. The van der Waals surface area contributed by atoms with E-state index in [1.165, 1.54) is 18.9 Å². The van der Waals surface area contributed by atoms with Crippen LogP contribution in [0.2, 0.25) is 0 Å². The summed E-state index contributed by atoms with van der Waals surface area (Å²) < 4.78 is 0. The quantitative estimate of drug-likeness (QED) is 0.735. The molecule has 3 aromatic rings. The predicted molar refractivity (Wildman–Crippen MR) is 107 cm³/mol. The zero-order chi connectivity index (χ0) is 18.9. The van der Waals surface area contributed by atoms with Crippen molar-refractivity contribution < 1.29 is 4.79 Å². The summed E-state index contributed by atoms with van der Waals surface area (Å²) in [6.45, 7) is 1.47. The second-order valence-electron chi connectivity index (χ2n) is 7.10. The number of nitrogens with two attached hydrogens (primary N) is 1. The van der Waals surface area contributed by atoms with Gasteiger partial charge in [-0.1, -0.05) is 30.3 Å². The van der Waals surface area contributed by atoms with Gasteiger partial charge in [0.25, 0.3) is 0 Å². The Morgan fingerprint density at radius 1 is 1.07 bits per heavy atom. The average Bonchev–Trinajstić information content (AvgIpc) is 2.66. The van der Waals surface area contributed by atoms with Crippen molar-refractivity contribution in [1.29, 1.82) is 0 Å². The highest BCUT2D eigenvalue weighted by atomic mass is 16.1. The van der Waals surface area contributed by atoms with Gasteiger partial charge in [-0.2, -0.15) is 0 Å². The summed E-state index contributed by atoms with van der Waals surface area (Å²) in [6, 6.07) is 16.0. The molecule has 0 atom stereocenters. The third-order valence-corrected chi connectivity index (χ3v) is 5.17. The molecule has 0 unspecified atom stereocenters. The second-order valence-corrected chi connectivity index (χ2v) is 7.10. The van der Waals surface area contributed by atoms with Gasteiger partial charge in [0.15, 0.2) is 0 Å². The molecule has 0 saturated heterocycles. The number of amides is 1. The van der Waals surface area contributed by atoms with Gasteiger partial charge in [0.2, 0.25) is 5.91 Å². The standard InChI is InChI=1S/C22H22N4O/c1-15(27)26-21-13-18(20-5-2-3-12-24-20)19(14-25-21)16-6-8-17(9-7-16)22(23)10-4-11-22/h2-3,5-9,12-14H,4,10-11,23H2,1H3,(H,25,26,27). The van der Waals surface area contributed by atoms with E-state index in [9.17, 15) is 4.79 Å². The Hall–Kier alpha value is -3.05. The van der Waals surface area contributed by atoms with Crippen LogP contribution in [0.1, 0.15) is 31.7 Å². The minimum Gasteiger partial charge on any atom is -0.321 e. The lowest BCUT2D eigenvalue weighted by Gasteiger charge is -2.38. The van der Waals surface area contributed by atoms with Crippen molar-refractivity contribution in [3.05, 3.63) is 66.5 Å². The van der Waals surface area contributed by atoms with Crippen molar-refractivity contribution in [2.45, 2.75) is 31.7 Å². The lowest BCUT2D eigenvalue weighted by Crippen LogP contribution is -2.43. The van der Waals surface area contributed by atoms with Crippen LogP contribution in [0.3, 0.4) is 0 Å². The molecule has 1 saturated carbocycles. The van der Waals surface area contributed by atoms with Crippen LogP contribution >= 0.6 is 0 Å². The second kappa shape index (κ2) is 6.93. The molecule has 136 valence electrons. The molecule has 0 bridgehead atoms. The molecule has 1 fully saturated rings. The van der Waals surface area contributed by atoms with Crippen LogP contribution in [-0.4, -0.2) is 15.9 Å². The van der Waals surface area contributed by atoms with Gasteiger partial charge in [-0.05, 0) is 48.6 Å². The number of carbonyl (C=O) groups excluding carboxylic acids is 1. The Morgan fingerprint density at radius 3 is 2.44 bits per heavy atom. The molecule has 2 heterocycles. The lowest BCUT2D eigenvalue weighted by molar-refractivity contribution is -0.114. The maximum Gasteiger partial charge on any atom is 0.222 e. The van der Waals surface area contributed by atoms with Crippen LogP contribution < -0.4 is 11.1 Å². The topological polar surface area (TPSA) is 80.9 Å². The highest BCUT2D eigenvalue weighted by Crippen LogP contribution is 2.40. The normalized spacial score (nSPS) is 15.0. The number of anilines is 1. The molecule has 0 spiro atoms. The molecule has 1 aliphatic carbocycles. The van der Waals surface area contributed by atoms with Crippen LogP contribution in [0.5, 0.6) is 0 Å². The first kappa shape index (κ1) is 17.4. The molecule has 1 aliphatic rings. The van der Waals surface area contributed by atoms with Crippen LogP contribution in [-0.2, 0) is 10.3 Å². The summed E-state index contributed by atoms with van der Waals surface area (Å²) in [5, 5.41) is 2.74. The SMILES string of the molecule is CC(=O)Nc1cc(-c2ccccn2)c(-c2ccc(C3(N)CCC3)cc2)cn1. The largest absolute Gasteiger partial charge is 0.321 e. The van der Waals surface area contributed by atoms with Crippen LogP contribution in [0.15, 0.2) is 60.9 Å². The van der Waals surface area contributed by atoms with E-state index in [1.807, 2.05) is 24.3 Å². The van der Waals surface area contributed by atoms with Gasteiger partial charge in [0, 0.05) is 36.0 Å². The monoisotopic (exact) mass is 358 g/mol. The Bertz CT molecular complexity index is 963. The number of carbonyl (C=O) groups is 1. The number of benzene rings is 1. The molecule has 4 rings (SSSR count). The molecule has 27 heavy (non-hydrogen) atoms. The molecule has 5 nitrogen and oxygen atoms in total. The summed E-state index contributed by atoms with van der Waals surface area (Å²) in [4.78, 5) is 20.3. The number of hydrogen-bond acceptors (Lipinski definition) is 4. The van der Waals surface area contributed by atoms with Gasteiger partial charge >= 0.3 is 0 Å². The summed E-state index contributed by atoms with van der Waals surface area (Å²) in [6.07, 6.45) is 6.81. The third kappa shape index (κ3) is 3.46. The van der Waals surface area contributed by atoms with Crippen LogP contribution in [0.4, 0.5) is 5.82 Å². The minimum atomic E-state index is -0.171. The minimum absolute atomic E-state index is 0.152. The molecule has 0 aliphatic heterocycles. The van der Waals surface area contributed by atoms with E-state index in [1.54, 1.807) is 12.4 Å². The molecular weight excluding hydrogens is 336 g/mol. The third-order valence-electron chi connectivity index (χ3n) is 5.17. The van der Waals surface area contributed by atoms with E-state index in [2.05, 4.69) is 39.6 Å². The maximum absolute atomic E-state index is 11.4. The fourth-order valence-corrected chi connectivity index (χ4v) is 3.50. The first-order valence-electron chi connectivity index (χ1n) is 9.14. The highest BCUT2D eigenvalue weighted by molar-refractivity contribution is 5.90. The van der Waals surface area contributed by atoms with Crippen molar-refractivity contribution in [1.82, 2.24) is 9.97 Å². The summed E-state index contributed by atoms with van der Waals surface area (Å²) in [5.41, 5.74) is 11.2. The first-order valence-corrected chi connectivity index (χ1v) is 9.14. The Labute approximate surface area is 158 Å². The first-order chi connectivity index (χ1) is 13.0. The molecule has 5 heteroatoms. The zero-order valence-electron chi connectivity index (χ0n) is 15.3. The molecule has 3 N–H and O–H groups in total. The lowest BCUT2D eigenvalue weighted by atomic mass is 9.72. The molecule has 2 aromatic heterocycles. The molecule has 1 amide bonds. The van der Waals surface area contributed by atoms with Gasteiger partial charge in [-0.3, -0.25) is 9.78 Å². The van der Waals surface area contributed by atoms with Gasteiger partial charge in [0.05, 0.1) is 5.69 Å². The summed E-state index contributed by atoms with van der Waals surface area (Å²) in [5.74, 6) is 0.360.